The molecular formula is C23H21ClF2NO3S. The van der Waals surface area contributed by atoms with Crippen molar-refractivity contribution in [2.45, 2.75) is 24.0 Å². The summed E-state index contributed by atoms with van der Waals surface area (Å²) in [5.74, 6) is -1.64. The number of anilines is 1. The van der Waals surface area contributed by atoms with Gasteiger partial charge in [-0.05, 0) is 61.4 Å². The van der Waals surface area contributed by atoms with Crippen molar-refractivity contribution in [2.75, 3.05) is 11.4 Å². The largest absolute Gasteiger partial charge is 0.377 e. The summed E-state index contributed by atoms with van der Waals surface area (Å²) in [7, 11) is -2.82. The summed E-state index contributed by atoms with van der Waals surface area (Å²) in [4.78, 5) is -0.109. The molecule has 0 spiro atoms. The highest BCUT2D eigenvalue weighted by Crippen LogP contribution is 2.38. The van der Waals surface area contributed by atoms with E-state index in [9.17, 15) is 17.2 Å². The van der Waals surface area contributed by atoms with Crippen LogP contribution in [0.15, 0.2) is 71.6 Å². The van der Waals surface area contributed by atoms with Crippen LogP contribution in [0, 0.1) is 18.6 Å². The molecule has 0 aliphatic heterocycles. The van der Waals surface area contributed by atoms with Gasteiger partial charge in [-0.1, -0.05) is 35.9 Å². The standard InChI is InChI=1S/C23H21ClF2NO3S/c1-15(20-6-4-5-7-21(20)16(2)30-3)27(23-14-18(25)10-13-22(23)26)31(28,29)19-11-8-17(24)9-12-19/h4-16H,2H2,1,3H3/t15-,16?/m1/s1. The molecule has 1 radical (unpaired) electrons. The predicted molar refractivity (Wildman–Crippen MR) is 117 cm³/mol. The summed E-state index contributed by atoms with van der Waals surface area (Å²) < 4.78 is 62.3. The topological polar surface area (TPSA) is 46.6 Å². The number of rotatable bonds is 7. The maximum absolute atomic E-state index is 14.8. The van der Waals surface area contributed by atoms with Crippen LogP contribution in [0.2, 0.25) is 5.02 Å². The van der Waals surface area contributed by atoms with Gasteiger partial charge in [-0.2, -0.15) is 0 Å². The first-order valence-electron chi connectivity index (χ1n) is 9.36. The Morgan fingerprint density at radius 1 is 1.00 bits per heavy atom. The van der Waals surface area contributed by atoms with Crippen molar-refractivity contribution in [1.82, 2.24) is 0 Å². The van der Waals surface area contributed by atoms with Gasteiger partial charge in [-0.3, -0.25) is 4.31 Å². The molecule has 8 heteroatoms. The number of hydrogen-bond acceptors (Lipinski definition) is 3. The average molecular weight is 465 g/mol. The van der Waals surface area contributed by atoms with E-state index < -0.39 is 39.5 Å². The van der Waals surface area contributed by atoms with Crippen LogP contribution >= 0.6 is 11.6 Å². The number of ether oxygens (including phenoxy) is 1. The molecule has 3 rings (SSSR count). The van der Waals surface area contributed by atoms with Gasteiger partial charge < -0.3 is 4.74 Å². The van der Waals surface area contributed by atoms with Crippen LogP contribution in [0.3, 0.4) is 0 Å². The molecular weight excluding hydrogens is 444 g/mol. The Kier molecular flexibility index (Phi) is 6.99. The van der Waals surface area contributed by atoms with Crippen LogP contribution in [0.25, 0.3) is 0 Å². The maximum Gasteiger partial charge on any atom is 0.264 e. The molecule has 0 saturated carbocycles. The molecule has 0 aliphatic rings. The molecule has 0 aliphatic carbocycles. The van der Waals surface area contributed by atoms with E-state index in [0.29, 0.717) is 16.1 Å². The summed E-state index contributed by atoms with van der Waals surface area (Å²) in [6, 6.07) is 14.2. The van der Waals surface area contributed by atoms with Crippen molar-refractivity contribution in [3.8, 4) is 0 Å². The van der Waals surface area contributed by atoms with Gasteiger partial charge in [0.1, 0.15) is 11.6 Å². The van der Waals surface area contributed by atoms with Crippen LogP contribution < -0.4 is 4.31 Å². The van der Waals surface area contributed by atoms with Crippen LogP contribution in [0.4, 0.5) is 14.5 Å². The van der Waals surface area contributed by atoms with Crippen molar-refractivity contribution < 1.29 is 21.9 Å². The minimum absolute atomic E-state index is 0.109. The van der Waals surface area contributed by atoms with Crippen molar-refractivity contribution in [3.63, 3.8) is 0 Å². The molecule has 31 heavy (non-hydrogen) atoms. The molecule has 3 aromatic carbocycles. The summed E-state index contributed by atoms with van der Waals surface area (Å²) in [6.07, 6.45) is -0.587. The quantitative estimate of drug-likeness (QED) is 0.424. The Labute approximate surface area is 186 Å². The Morgan fingerprint density at radius 2 is 1.61 bits per heavy atom. The van der Waals surface area contributed by atoms with Gasteiger partial charge in [0.15, 0.2) is 0 Å². The molecule has 0 saturated heterocycles. The Hall–Kier alpha value is -2.48. The first kappa shape index (κ1) is 23.2. The van der Waals surface area contributed by atoms with E-state index in [-0.39, 0.29) is 4.90 Å². The molecule has 2 atom stereocenters. The van der Waals surface area contributed by atoms with Crippen molar-refractivity contribution >= 4 is 27.3 Å². The maximum atomic E-state index is 14.8. The van der Waals surface area contributed by atoms with Gasteiger partial charge in [0.25, 0.3) is 10.0 Å². The SMILES string of the molecule is [CH2]C(OC)c1ccccc1[C@@H](C)N(c1cc(F)ccc1F)S(=O)(=O)c1ccc(Cl)cc1. The summed E-state index contributed by atoms with van der Waals surface area (Å²) in [5.41, 5.74) is 0.770. The lowest BCUT2D eigenvalue weighted by Crippen LogP contribution is -2.35. The second-order valence-corrected chi connectivity index (χ2v) is 9.13. The number of methoxy groups -OCH3 is 1. The number of benzene rings is 3. The molecule has 3 aromatic rings. The monoisotopic (exact) mass is 464 g/mol. The van der Waals surface area contributed by atoms with E-state index in [1.165, 1.54) is 31.4 Å². The molecule has 0 heterocycles. The molecule has 0 N–H and O–H groups in total. The second kappa shape index (κ2) is 9.34. The van der Waals surface area contributed by atoms with Gasteiger partial charge in [-0.25, -0.2) is 17.2 Å². The van der Waals surface area contributed by atoms with E-state index in [4.69, 9.17) is 16.3 Å². The predicted octanol–water partition coefficient (Wildman–Crippen LogP) is 6.10. The van der Waals surface area contributed by atoms with Gasteiger partial charge >= 0.3 is 0 Å². The van der Waals surface area contributed by atoms with Gasteiger partial charge in [-0.15, -0.1) is 0 Å². The lowest BCUT2D eigenvalue weighted by Gasteiger charge is -2.33. The lowest BCUT2D eigenvalue weighted by atomic mass is 9.97. The first-order valence-corrected chi connectivity index (χ1v) is 11.2. The molecule has 0 aromatic heterocycles. The number of halogens is 3. The third-order valence-corrected chi connectivity index (χ3v) is 7.10. The fourth-order valence-corrected chi connectivity index (χ4v) is 5.12. The van der Waals surface area contributed by atoms with Crippen molar-refractivity contribution in [3.05, 3.63) is 101 Å². The molecule has 0 amide bonds. The summed E-state index contributed by atoms with van der Waals surface area (Å²) >= 11 is 5.90. The zero-order valence-corrected chi connectivity index (χ0v) is 18.5. The number of nitrogens with zero attached hydrogens (tertiary/aromatic N) is 1. The molecule has 0 fully saturated rings. The highest BCUT2D eigenvalue weighted by molar-refractivity contribution is 7.92. The minimum Gasteiger partial charge on any atom is -0.377 e. The zero-order valence-electron chi connectivity index (χ0n) is 16.9. The van der Waals surface area contributed by atoms with Gasteiger partial charge in [0.2, 0.25) is 0 Å². The fourth-order valence-electron chi connectivity index (χ4n) is 3.36. The van der Waals surface area contributed by atoms with E-state index in [0.717, 1.165) is 22.5 Å². The van der Waals surface area contributed by atoms with Crippen molar-refractivity contribution in [2.24, 2.45) is 0 Å². The number of sulfonamides is 1. The van der Waals surface area contributed by atoms with Crippen molar-refractivity contribution in [1.29, 1.82) is 0 Å². The van der Waals surface area contributed by atoms with Gasteiger partial charge in [0, 0.05) is 18.2 Å². The fraction of sp³-hybridized carbons (Fsp3) is 0.174. The normalized spacial score (nSPS) is 13.6. The first-order chi connectivity index (χ1) is 14.7. The van der Waals surface area contributed by atoms with Crippen LogP contribution in [-0.2, 0) is 14.8 Å². The molecule has 0 bridgehead atoms. The van der Waals surface area contributed by atoms with Crippen LogP contribution in [0.5, 0.6) is 0 Å². The second-order valence-electron chi connectivity index (χ2n) is 6.88. The third-order valence-electron chi connectivity index (χ3n) is 4.95. The van der Waals surface area contributed by atoms with E-state index >= 15 is 0 Å². The smallest absolute Gasteiger partial charge is 0.264 e. The van der Waals surface area contributed by atoms with Crippen LogP contribution in [0.1, 0.15) is 30.2 Å². The molecule has 4 nitrogen and oxygen atoms in total. The molecule has 163 valence electrons. The Morgan fingerprint density at radius 3 is 2.23 bits per heavy atom. The third kappa shape index (κ3) is 4.74. The number of hydrogen-bond donors (Lipinski definition) is 0. The lowest BCUT2D eigenvalue weighted by molar-refractivity contribution is 0.139. The Bertz CT molecular complexity index is 1170. The van der Waals surface area contributed by atoms with E-state index in [1.54, 1.807) is 31.2 Å². The van der Waals surface area contributed by atoms with Gasteiger partial charge in [0.05, 0.1) is 22.7 Å². The van der Waals surface area contributed by atoms with Crippen LogP contribution in [-0.4, -0.2) is 15.5 Å². The average Bonchev–Trinajstić information content (AvgIpc) is 2.75. The summed E-state index contributed by atoms with van der Waals surface area (Å²) in [5, 5.41) is 0.348. The minimum atomic E-state index is -4.30. The van der Waals surface area contributed by atoms with E-state index in [2.05, 4.69) is 6.92 Å². The van der Waals surface area contributed by atoms with E-state index in [1.807, 2.05) is 0 Å². The zero-order chi connectivity index (χ0) is 22.8. The summed E-state index contributed by atoms with van der Waals surface area (Å²) in [6.45, 7) is 5.52. The molecule has 1 unspecified atom stereocenters. The highest BCUT2D eigenvalue weighted by Gasteiger charge is 2.34. The highest BCUT2D eigenvalue weighted by atomic mass is 35.5. The Balaban J connectivity index is 2.25.